The molecule has 0 radical (unpaired) electrons. The lowest BCUT2D eigenvalue weighted by molar-refractivity contribution is 0.102. The van der Waals surface area contributed by atoms with Crippen molar-refractivity contribution < 1.29 is 13.2 Å². The summed E-state index contributed by atoms with van der Waals surface area (Å²) in [6.07, 6.45) is 0. The van der Waals surface area contributed by atoms with Gasteiger partial charge < -0.3 is 0 Å². The van der Waals surface area contributed by atoms with E-state index >= 15 is 0 Å². The SMILES string of the molecule is Cc1cccc(NS(=O)(=O)c2cc(C(=O)Nc3nnc(-c4ccccc4)s3)ccc2Cl)c1C. The van der Waals surface area contributed by atoms with E-state index in [9.17, 15) is 13.2 Å². The van der Waals surface area contributed by atoms with Crippen LogP contribution in [0.3, 0.4) is 0 Å². The number of aromatic nitrogens is 2. The van der Waals surface area contributed by atoms with Crippen LogP contribution in [0.15, 0.2) is 71.6 Å². The van der Waals surface area contributed by atoms with Crippen molar-refractivity contribution in [2.75, 3.05) is 10.0 Å². The van der Waals surface area contributed by atoms with Crippen molar-refractivity contribution in [3.63, 3.8) is 0 Å². The maximum Gasteiger partial charge on any atom is 0.263 e. The average Bonchev–Trinajstić information content (AvgIpc) is 3.26. The molecule has 0 saturated heterocycles. The van der Waals surface area contributed by atoms with Crippen molar-refractivity contribution in [3.8, 4) is 10.6 Å². The van der Waals surface area contributed by atoms with E-state index in [-0.39, 0.29) is 15.5 Å². The van der Waals surface area contributed by atoms with Gasteiger partial charge in [-0.05, 0) is 49.2 Å². The molecule has 0 aliphatic carbocycles. The summed E-state index contributed by atoms with van der Waals surface area (Å²) in [5.41, 5.74) is 3.20. The molecule has 0 spiro atoms. The highest BCUT2D eigenvalue weighted by Crippen LogP contribution is 2.29. The molecule has 0 bridgehead atoms. The maximum absolute atomic E-state index is 13.0. The van der Waals surface area contributed by atoms with E-state index in [4.69, 9.17) is 11.6 Å². The second-order valence-electron chi connectivity index (χ2n) is 7.23. The summed E-state index contributed by atoms with van der Waals surface area (Å²) < 4.78 is 28.6. The number of carbonyl (C=O) groups is 1. The van der Waals surface area contributed by atoms with Crippen LogP contribution in [0.4, 0.5) is 10.8 Å². The zero-order valence-electron chi connectivity index (χ0n) is 17.7. The summed E-state index contributed by atoms with van der Waals surface area (Å²) in [5.74, 6) is -0.523. The summed E-state index contributed by atoms with van der Waals surface area (Å²) in [6.45, 7) is 3.71. The minimum absolute atomic E-state index is 0.00614. The summed E-state index contributed by atoms with van der Waals surface area (Å²) in [4.78, 5) is 12.6. The topological polar surface area (TPSA) is 101 Å². The first-order valence-electron chi connectivity index (χ1n) is 9.83. The van der Waals surface area contributed by atoms with Crippen molar-refractivity contribution in [3.05, 3.63) is 88.4 Å². The smallest absolute Gasteiger partial charge is 0.263 e. The van der Waals surface area contributed by atoms with Gasteiger partial charge >= 0.3 is 0 Å². The number of sulfonamides is 1. The minimum Gasteiger partial charge on any atom is -0.296 e. The molecule has 1 aromatic heterocycles. The molecular weight excluding hydrogens is 480 g/mol. The first kappa shape index (κ1) is 22.9. The third kappa shape index (κ3) is 5.05. The van der Waals surface area contributed by atoms with Gasteiger partial charge in [0.1, 0.15) is 9.90 Å². The van der Waals surface area contributed by atoms with Crippen LogP contribution in [-0.4, -0.2) is 24.5 Å². The highest BCUT2D eigenvalue weighted by atomic mass is 35.5. The van der Waals surface area contributed by atoms with E-state index < -0.39 is 15.9 Å². The van der Waals surface area contributed by atoms with Gasteiger partial charge in [0.25, 0.3) is 15.9 Å². The number of nitrogens with one attached hydrogen (secondary N) is 2. The quantitative estimate of drug-likeness (QED) is 0.364. The van der Waals surface area contributed by atoms with Crippen LogP contribution in [0, 0.1) is 13.8 Å². The molecule has 1 amide bonds. The molecule has 0 aliphatic heterocycles. The standard InChI is InChI=1S/C23H19ClN4O3S2/c1-14-7-6-10-19(15(14)2)28-33(30,31)20-13-17(11-12-18(20)24)21(29)25-23-27-26-22(32-23)16-8-4-3-5-9-16/h3-13,28H,1-2H3,(H,25,27,29). The first-order valence-corrected chi connectivity index (χ1v) is 12.5. The van der Waals surface area contributed by atoms with Crippen molar-refractivity contribution in [2.24, 2.45) is 0 Å². The molecular formula is C23H19ClN4O3S2. The molecule has 0 aliphatic rings. The summed E-state index contributed by atoms with van der Waals surface area (Å²) >= 11 is 7.40. The van der Waals surface area contributed by atoms with Gasteiger partial charge in [0.2, 0.25) is 5.13 Å². The number of rotatable bonds is 6. The van der Waals surface area contributed by atoms with E-state index in [2.05, 4.69) is 20.2 Å². The van der Waals surface area contributed by atoms with Crippen LogP contribution >= 0.6 is 22.9 Å². The Morgan fingerprint density at radius 3 is 2.48 bits per heavy atom. The monoisotopic (exact) mass is 498 g/mol. The molecule has 0 unspecified atom stereocenters. The number of carbonyl (C=O) groups excluding carboxylic acids is 1. The van der Waals surface area contributed by atoms with Crippen LogP contribution in [0.25, 0.3) is 10.6 Å². The molecule has 0 saturated carbocycles. The molecule has 33 heavy (non-hydrogen) atoms. The molecule has 4 rings (SSSR count). The number of aryl methyl sites for hydroxylation is 1. The van der Waals surface area contributed by atoms with E-state index in [1.807, 2.05) is 50.2 Å². The van der Waals surface area contributed by atoms with E-state index in [1.165, 1.54) is 29.5 Å². The van der Waals surface area contributed by atoms with Gasteiger partial charge in [-0.2, -0.15) is 0 Å². The van der Waals surface area contributed by atoms with Gasteiger partial charge in [-0.1, -0.05) is 65.4 Å². The molecule has 2 N–H and O–H groups in total. The lowest BCUT2D eigenvalue weighted by atomic mass is 10.1. The lowest BCUT2D eigenvalue weighted by Crippen LogP contribution is -2.17. The molecule has 3 aromatic carbocycles. The third-order valence-electron chi connectivity index (χ3n) is 5.00. The normalized spacial score (nSPS) is 11.2. The van der Waals surface area contributed by atoms with Crippen molar-refractivity contribution in [1.29, 1.82) is 0 Å². The zero-order valence-corrected chi connectivity index (χ0v) is 20.1. The minimum atomic E-state index is -4.03. The number of hydrogen-bond acceptors (Lipinski definition) is 6. The van der Waals surface area contributed by atoms with Crippen molar-refractivity contribution in [2.45, 2.75) is 18.7 Å². The fourth-order valence-corrected chi connectivity index (χ4v) is 5.45. The zero-order chi connectivity index (χ0) is 23.6. The van der Waals surface area contributed by atoms with Crippen LogP contribution in [-0.2, 0) is 10.0 Å². The Labute approximate surface area is 200 Å². The van der Waals surface area contributed by atoms with Gasteiger partial charge in [0.05, 0.1) is 10.7 Å². The fraction of sp³-hybridized carbons (Fsp3) is 0.0870. The Hall–Kier alpha value is -3.27. The average molecular weight is 499 g/mol. The number of nitrogens with zero attached hydrogens (tertiary/aromatic N) is 2. The number of hydrogen-bond donors (Lipinski definition) is 2. The highest BCUT2D eigenvalue weighted by Gasteiger charge is 2.22. The highest BCUT2D eigenvalue weighted by molar-refractivity contribution is 7.92. The maximum atomic E-state index is 13.0. The van der Waals surface area contributed by atoms with Gasteiger partial charge in [-0.3, -0.25) is 14.8 Å². The van der Waals surface area contributed by atoms with E-state index in [1.54, 1.807) is 12.1 Å². The molecule has 10 heteroatoms. The Balaban J connectivity index is 1.57. The second-order valence-corrected chi connectivity index (χ2v) is 10.3. The number of halogens is 1. The summed E-state index contributed by atoms with van der Waals surface area (Å²) in [7, 11) is -4.03. The predicted molar refractivity (Wildman–Crippen MR) is 131 cm³/mol. The molecule has 168 valence electrons. The third-order valence-corrected chi connectivity index (χ3v) is 7.73. The van der Waals surface area contributed by atoms with Crippen LogP contribution < -0.4 is 10.0 Å². The first-order chi connectivity index (χ1) is 15.7. The van der Waals surface area contributed by atoms with Crippen molar-refractivity contribution in [1.82, 2.24) is 10.2 Å². The Kier molecular flexibility index (Phi) is 6.46. The largest absolute Gasteiger partial charge is 0.296 e. The van der Waals surface area contributed by atoms with Gasteiger partial charge in [-0.15, -0.1) is 10.2 Å². The van der Waals surface area contributed by atoms with Crippen LogP contribution in [0.5, 0.6) is 0 Å². The van der Waals surface area contributed by atoms with Gasteiger partial charge in [0, 0.05) is 11.1 Å². The number of benzene rings is 3. The molecule has 4 aromatic rings. The summed E-state index contributed by atoms with van der Waals surface area (Å²) in [5, 5.41) is 11.7. The van der Waals surface area contributed by atoms with Crippen LogP contribution in [0.1, 0.15) is 21.5 Å². The second kappa shape index (κ2) is 9.30. The molecule has 1 heterocycles. The fourth-order valence-electron chi connectivity index (χ4n) is 3.05. The number of amides is 1. The molecule has 0 atom stereocenters. The van der Waals surface area contributed by atoms with Gasteiger partial charge in [0.15, 0.2) is 0 Å². The van der Waals surface area contributed by atoms with Gasteiger partial charge in [-0.25, -0.2) is 8.42 Å². The Morgan fingerprint density at radius 2 is 1.73 bits per heavy atom. The van der Waals surface area contributed by atoms with Crippen molar-refractivity contribution >= 4 is 49.7 Å². The predicted octanol–water partition coefficient (Wildman–Crippen LogP) is 5.53. The number of anilines is 2. The lowest BCUT2D eigenvalue weighted by Gasteiger charge is -2.13. The molecule has 7 nitrogen and oxygen atoms in total. The summed E-state index contributed by atoms with van der Waals surface area (Å²) in [6, 6.07) is 18.9. The van der Waals surface area contributed by atoms with E-state index in [0.29, 0.717) is 15.8 Å². The van der Waals surface area contributed by atoms with E-state index in [0.717, 1.165) is 16.7 Å². The Bertz CT molecular complexity index is 1440. The Morgan fingerprint density at radius 1 is 0.970 bits per heavy atom. The van der Waals surface area contributed by atoms with Crippen LogP contribution in [0.2, 0.25) is 5.02 Å². The molecule has 0 fully saturated rings.